The number of hydrogen-bond acceptors (Lipinski definition) is 5. The van der Waals surface area contributed by atoms with Crippen LogP contribution in [0.2, 0.25) is 0 Å². The van der Waals surface area contributed by atoms with Crippen molar-refractivity contribution in [3.05, 3.63) is 70.7 Å². The third kappa shape index (κ3) is 9.24. The van der Waals surface area contributed by atoms with Gasteiger partial charge in [-0.05, 0) is 73.6 Å². The number of aromatic nitrogens is 1. The van der Waals surface area contributed by atoms with Gasteiger partial charge in [0.15, 0.2) is 0 Å². The number of alkyl halides is 3. The second-order valence-electron chi connectivity index (χ2n) is 15.1. The van der Waals surface area contributed by atoms with Crippen LogP contribution < -0.4 is 21.3 Å². The minimum atomic E-state index is -4.62. The minimum Gasteiger partial charge on any atom is -0.393 e. The van der Waals surface area contributed by atoms with Gasteiger partial charge in [-0.2, -0.15) is 13.2 Å². The number of nitrogens with one attached hydrogen (secondary N) is 5. The Bertz CT molecular complexity index is 1840. The molecule has 294 valence electrons. The van der Waals surface area contributed by atoms with Crippen LogP contribution in [0.4, 0.5) is 17.6 Å². The number of amides is 3. The van der Waals surface area contributed by atoms with Gasteiger partial charge in [0.1, 0.15) is 17.4 Å². The minimum absolute atomic E-state index is 0.0218. The first kappa shape index (κ1) is 41.1. The molecule has 0 radical (unpaired) electrons. The molecule has 2 aliphatic carbocycles. The Kier molecular flexibility index (Phi) is 13.1. The van der Waals surface area contributed by atoms with Crippen LogP contribution in [0.15, 0.2) is 42.5 Å². The fraction of sp³-hybridized carbons (Fsp3) is 0.550. The van der Waals surface area contributed by atoms with E-state index in [2.05, 4.69) is 26.3 Å². The summed E-state index contributed by atoms with van der Waals surface area (Å²) in [5.41, 5.74) is -1.35. The van der Waals surface area contributed by atoms with Gasteiger partial charge < -0.3 is 31.4 Å². The van der Waals surface area contributed by atoms with Gasteiger partial charge in [-0.3, -0.25) is 14.4 Å². The Balaban J connectivity index is 1.49. The molecular formula is C40H51F4N5O4S. The third-order valence-corrected chi connectivity index (χ3v) is 11.7. The highest BCUT2D eigenvalue weighted by Crippen LogP contribution is 2.40. The van der Waals surface area contributed by atoms with Crippen molar-refractivity contribution in [1.29, 1.82) is 0 Å². The Labute approximate surface area is 318 Å². The number of carbonyl (C=O) groups excluding carboxylic acids is 3. The predicted octanol–water partition coefficient (Wildman–Crippen LogP) is 6.19. The number of hydrogen-bond donors (Lipinski definition) is 6. The first-order chi connectivity index (χ1) is 25.6. The van der Waals surface area contributed by atoms with Crippen LogP contribution in [-0.4, -0.2) is 62.6 Å². The van der Waals surface area contributed by atoms with Crippen molar-refractivity contribution >= 4 is 45.8 Å². The fourth-order valence-corrected chi connectivity index (χ4v) is 8.07. The molecule has 3 aromatic rings. The zero-order valence-electron chi connectivity index (χ0n) is 31.2. The highest BCUT2D eigenvalue weighted by atomic mass is 32.1. The van der Waals surface area contributed by atoms with E-state index in [0.29, 0.717) is 60.2 Å². The maximum absolute atomic E-state index is 14.8. The zero-order valence-corrected chi connectivity index (χ0v) is 32.0. The number of carbonyl (C=O) groups is 3. The normalized spacial score (nSPS) is 22.3. The van der Waals surface area contributed by atoms with Crippen molar-refractivity contribution in [3.8, 4) is 0 Å². The molecule has 5 atom stereocenters. The average molecular weight is 774 g/mol. The molecule has 54 heavy (non-hydrogen) atoms. The molecular weight excluding hydrogens is 723 g/mol. The van der Waals surface area contributed by atoms with Crippen LogP contribution in [0.25, 0.3) is 10.9 Å². The second-order valence-corrected chi connectivity index (χ2v) is 15.5. The molecule has 0 saturated heterocycles. The number of benzene rings is 2. The zero-order chi connectivity index (χ0) is 39.4. The van der Waals surface area contributed by atoms with E-state index in [1.807, 2.05) is 20.8 Å². The molecule has 0 bridgehead atoms. The summed E-state index contributed by atoms with van der Waals surface area (Å²) in [5.74, 6) is -2.83. The monoisotopic (exact) mass is 773 g/mol. The molecule has 1 heterocycles. The van der Waals surface area contributed by atoms with Gasteiger partial charge in [-0.15, -0.1) is 0 Å². The molecule has 1 saturated carbocycles. The first-order valence-electron chi connectivity index (χ1n) is 18.9. The number of para-hydroxylation sites is 1. The number of aliphatic hydroxyl groups excluding tert-OH is 1. The molecule has 5 rings (SSSR count). The molecule has 14 heteroatoms. The largest absolute Gasteiger partial charge is 0.418 e. The molecule has 1 fully saturated rings. The van der Waals surface area contributed by atoms with Gasteiger partial charge in [0.05, 0.1) is 34.6 Å². The second kappa shape index (κ2) is 17.2. The summed E-state index contributed by atoms with van der Waals surface area (Å²) >= 11 is 5.87. The van der Waals surface area contributed by atoms with E-state index in [0.717, 1.165) is 6.07 Å². The topological polar surface area (TPSA) is 135 Å². The molecule has 6 N–H and O–H groups in total. The molecule has 2 aliphatic rings. The summed E-state index contributed by atoms with van der Waals surface area (Å²) in [6.45, 7) is 7.56. The van der Waals surface area contributed by atoms with E-state index < -0.39 is 58.8 Å². The number of aryl methyl sites for hydroxylation is 1. The first-order valence-corrected chi connectivity index (χ1v) is 19.3. The summed E-state index contributed by atoms with van der Waals surface area (Å²) in [4.78, 5) is 45.8. The third-order valence-electron chi connectivity index (χ3n) is 11.4. The summed E-state index contributed by atoms with van der Waals surface area (Å²) in [7, 11) is 0. The van der Waals surface area contributed by atoms with E-state index in [9.17, 15) is 37.1 Å². The molecule has 4 unspecified atom stereocenters. The number of fused-ring (bicyclic) bond motifs is 3. The lowest BCUT2D eigenvalue weighted by atomic mass is 9.78. The van der Waals surface area contributed by atoms with E-state index in [1.54, 1.807) is 19.1 Å². The number of aliphatic hydroxyl groups is 1. The van der Waals surface area contributed by atoms with Crippen LogP contribution >= 0.6 is 12.2 Å². The molecule has 1 aromatic heterocycles. The summed E-state index contributed by atoms with van der Waals surface area (Å²) in [5, 5.41) is 22.6. The van der Waals surface area contributed by atoms with Crippen molar-refractivity contribution in [2.45, 2.75) is 128 Å². The van der Waals surface area contributed by atoms with Gasteiger partial charge >= 0.3 is 6.18 Å². The van der Waals surface area contributed by atoms with Gasteiger partial charge in [-0.25, -0.2) is 4.39 Å². The quantitative estimate of drug-likeness (QED) is 0.0906. The van der Waals surface area contributed by atoms with Gasteiger partial charge in [0.2, 0.25) is 17.7 Å². The average Bonchev–Trinajstić information content (AvgIpc) is 3.51. The number of aromatic amines is 1. The molecule has 2 aromatic carbocycles. The Morgan fingerprint density at radius 2 is 1.63 bits per heavy atom. The van der Waals surface area contributed by atoms with Crippen molar-refractivity contribution in [2.75, 3.05) is 0 Å². The maximum atomic E-state index is 14.8. The highest BCUT2D eigenvalue weighted by Gasteiger charge is 2.47. The number of H-pyrrole nitrogens is 1. The standard InChI is InChI=1S/C40H51F4N5O4S/c1-5-22(3)33(47-32(51)20-24-10-7-8-13-30(24)41)36(52)49-39(19-18-31-28(21-39)27-11-9-12-29(35(27)46-31)40(42,43)44)38(53)48-34(23(4)6-2)37(54)45-25-14-16-26(50)17-15-25/h7-13,22-23,25-26,33-34,46,50H,5-6,14-21H2,1-4H3,(H,45,54)(H,47,51)(H,48,53)(H,49,52)/t22?,23?,25?,26?,33?,34?,39-/m1/s1. The van der Waals surface area contributed by atoms with Crippen LogP contribution in [0.5, 0.6) is 0 Å². The van der Waals surface area contributed by atoms with Crippen molar-refractivity contribution < 1.29 is 37.1 Å². The van der Waals surface area contributed by atoms with Crippen LogP contribution in [0.3, 0.4) is 0 Å². The van der Waals surface area contributed by atoms with Gasteiger partial charge in [0.25, 0.3) is 0 Å². The highest BCUT2D eigenvalue weighted by molar-refractivity contribution is 7.80. The lowest BCUT2D eigenvalue weighted by molar-refractivity contribution is -0.137. The van der Waals surface area contributed by atoms with Gasteiger partial charge in [-0.1, -0.05) is 83.1 Å². The molecule has 9 nitrogen and oxygen atoms in total. The lowest BCUT2D eigenvalue weighted by Gasteiger charge is -2.40. The predicted molar refractivity (Wildman–Crippen MR) is 203 cm³/mol. The smallest absolute Gasteiger partial charge is 0.393 e. The Morgan fingerprint density at radius 3 is 2.28 bits per heavy atom. The van der Waals surface area contributed by atoms with Crippen LogP contribution in [-0.2, 0) is 39.8 Å². The molecule has 0 aliphatic heterocycles. The molecule has 0 spiro atoms. The maximum Gasteiger partial charge on any atom is 0.418 e. The van der Waals surface area contributed by atoms with E-state index in [1.165, 1.54) is 24.3 Å². The fourth-order valence-electron chi connectivity index (χ4n) is 7.61. The lowest BCUT2D eigenvalue weighted by Crippen LogP contribution is -2.67. The summed E-state index contributed by atoms with van der Waals surface area (Å²) < 4.78 is 56.7. The molecule has 3 amide bonds. The van der Waals surface area contributed by atoms with Crippen LogP contribution in [0, 0.1) is 17.7 Å². The van der Waals surface area contributed by atoms with Gasteiger partial charge in [0, 0.05) is 23.5 Å². The van der Waals surface area contributed by atoms with E-state index >= 15 is 0 Å². The SMILES string of the molecule is CCC(C)C(NC(=O)Cc1ccccc1F)C(=O)N[C@]1(C(=O)NC(C(=S)NC2CCC(O)CC2)C(C)CC)CCc2[nH]c3c(C(F)(F)F)cccc3c2C1. The van der Waals surface area contributed by atoms with Crippen molar-refractivity contribution in [3.63, 3.8) is 0 Å². The van der Waals surface area contributed by atoms with Crippen molar-refractivity contribution in [2.24, 2.45) is 11.8 Å². The Hall–Kier alpha value is -4.04. The van der Waals surface area contributed by atoms with E-state index in [4.69, 9.17) is 12.2 Å². The van der Waals surface area contributed by atoms with Crippen LogP contribution in [0.1, 0.15) is 95.0 Å². The number of rotatable bonds is 13. The number of thiocarbonyl (C=S) groups is 1. The number of halogens is 4. The Morgan fingerprint density at radius 1 is 0.963 bits per heavy atom. The summed E-state index contributed by atoms with van der Waals surface area (Å²) in [6, 6.07) is 8.05. The van der Waals surface area contributed by atoms with E-state index in [-0.39, 0.29) is 54.8 Å². The van der Waals surface area contributed by atoms with Crippen molar-refractivity contribution in [1.82, 2.24) is 26.3 Å². The summed E-state index contributed by atoms with van der Waals surface area (Å²) in [6.07, 6.45) is -1.36.